The SMILES string of the molecule is CCc1ccc(Sc2cnc3nc(N)nc(N)c3n2)cc1. The third-order valence-electron chi connectivity index (χ3n) is 2.98. The topological polar surface area (TPSA) is 104 Å². The minimum Gasteiger partial charge on any atom is -0.382 e. The van der Waals surface area contributed by atoms with Crippen molar-refractivity contribution >= 4 is 34.7 Å². The van der Waals surface area contributed by atoms with Gasteiger partial charge in [-0.05, 0) is 24.1 Å². The molecule has 106 valence electrons. The van der Waals surface area contributed by atoms with Crippen LogP contribution in [0.25, 0.3) is 11.2 Å². The molecule has 4 N–H and O–H groups in total. The Labute approximate surface area is 126 Å². The van der Waals surface area contributed by atoms with Gasteiger partial charge in [0, 0.05) is 4.90 Å². The molecule has 2 heterocycles. The van der Waals surface area contributed by atoms with Gasteiger partial charge in [0.05, 0.1) is 6.20 Å². The maximum atomic E-state index is 5.81. The van der Waals surface area contributed by atoms with Crippen molar-refractivity contribution in [2.24, 2.45) is 0 Å². The molecule has 0 aliphatic carbocycles. The first-order valence-corrected chi connectivity index (χ1v) is 7.30. The van der Waals surface area contributed by atoms with Gasteiger partial charge >= 0.3 is 0 Å². The van der Waals surface area contributed by atoms with Crippen LogP contribution in [-0.4, -0.2) is 19.9 Å². The molecule has 0 aliphatic rings. The van der Waals surface area contributed by atoms with Crippen LogP contribution in [0.4, 0.5) is 11.8 Å². The largest absolute Gasteiger partial charge is 0.382 e. The van der Waals surface area contributed by atoms with E-state index < -0.39 is 0 Å². The normalized spacial score (nSPS) is 10.9. The van der Waals surface area contributed by atoms with Gasteiger partial charge in [-0.1, -0.05) is 30.8 Å². The fourth-order valence-corrected chi connectivity index (χ4v) is 2.65. The summed E-state index contributed by atoms with van der Waals surface area (Å²) < 4.78 is 0. The van der Waals surface area contributed by atoms with E-state index in [1.165, 1.54) is 17.3 Å². The van der Waals surface area contributed by atoms with E-state index in [0.717, 1.165) is 16.3 Å². The standard InChI is InChI=1S/C14H14N6S/c1-2-8-3-5-9(6-4-8)21-10-7-17-13-11(18-10)12(15)19-14(16)20-13/h3-7H,2H2,1H3,(H4,15,16,17,19,20). The fraction of sp³-hybridized carbons (Fsp3) is 0.143. The van der Waals surface area contributed by atoms with E-state index in [-0.39, 0.29) is 11.8 Å². The van der Waals surface area contributed by atoms with Crippen molar-refractivity contribution in [3.63, 3.8) is 0 Å². The van der Waals surface area contributed by atoms with Crippen LogP contribution >= 0.6 is 11.8 Å². The zero-order valence-electron chi connectivity index (χ0n) is 11.4. The van der Waals surface area contributed by atoms with Gasteiger partial charge in [0.25, 0.3) is 0 Å². The number of hydrogen-bond donors (Lipinski definition) is 2. The Morgan fingerprint density at radius 3 is 2.52 bits per heavy atom. The minimum absolute atomic E-state index is 0.102. The summed E-state index contributed by atoms with van der Waals surface area (Å²) in [6.45, 7) is 2.13. The highest BCUT2D eigenvalue weighted by Crippen LogP contribution is 2.27. The molecule has 2 aromatic heterocycles. The second kappa shape index (κ2) is 5.53. The Bertz CT molecular complexity index is 787. The molecule has 21 heavy (non-hydrogen) atoms. The van der Waals surface area contributed by atoms with E-state index in [4.69, 9.17) is 11.5 Å². The summed E-state index contributed by atoms with van der Waals surface area (Å²) in [5.74, 6) is 0.346. The number of aryl methyl sites for hydroxylation is 1. The van der Waals surface area contributed by atoms with Crippen molar-refractivity contribution in [3.05, 3.63) is 36.0 Å². The Hall–Kier alpha value is -2.41. The lowest BCUT2D eigenvalue weighted by Crippen LogP contribution is -2.03. The maximum Gasteiger partial charge on any atom is 0.224 e. The quantitative estimate of drug-likeness (QED) is 0.764. The predicted octanol–water partition coefficient (Wildman–Crippen LogP) is 2.30. The van der Waals surface area contributed by atoms with Gasteiger partial charge in [0.2, 0.25) is 5.95 Å². The molecule has 0 amide bonds. The monoisotopic (exact) mass is 298 g/mol. The minimum atomic E-state index is 0.102. The lowest BCUT2D eigenvalue weighted by Gasteiger charge is -2.05. The summed E-state index contributed by atoms with van der Waals surface area (Å²) in [4.78, 5) is 17.7. The number of hydrogen-bond acceptors (Lipinski definition) is 7. The molecule has 0 atom stereocenters. The summed E-state index contributed by atoms with van der Waals surface area (Å²) in [5, 5.41) is 0.742. The van der Waals surface area contributed by atoms with Gasteiger partial charge in [-0.3, -0.25) is 0 Å². The Morgan fingerprint density at radius 2 is 1.81 bits per heavy atom. The van der Waals surface area contributed by atoms with Crippen LogP contribution in [0.1, 0.15) is 12.5 Å². The van der Waals surface area contributed by atoms with Crippen LogP contribution in [0, 0.1) is 0 Å². The van der Waals surface area contributed by atoms with Crippen molar-refractivity contribution < 1.29 is 0 Å². The van der Waals surface area contributed by atoms with E-state index in [9.17, 15) is 0 Å². The summed E-state index contributed by atoms with van der Waals surface area (Å²) in [6.07, 6.45) is 2.68. The van der Waals surface area contributed by atoms with Gasteiger partial charge in [-0.25, -0.2) is 9.97 Å². The van der Waals surface area contributed by atoms with Gasteiger partial charge in [-0.2, -0.15) is 9.97 Å². The molecule has 0 bridgehead atoms. The highest BCUT2D eigenvalue weighted by molar-refractivity contribution is 7.99. The summed E-state index contributed by atoms with van der Waals surface area (Å²) >= 11 is 1.52. The number of nitrogen functional groups attached to an aromatic ring is 2. The second-order valence-corrected chi connectivity index (χ2v) is 5.54. The average Bonchev–Trinajstić information content (AvgIpc) is 2.48. The number of anilines is 2. The smallest absolute Gasteiger partial charge is 0.224 e. The van der Waals surface area contributed by atoms with E-state index in [1.54, 1.807) is 6.20 Å². The van der Waals surface area contributed by atoms with Crippen LogP contribution in [-0.2, 0) is 6.42 Å². The molecule has 0 spiro atoms. The fourth-order valence-electron chi connectivity index (χ4n) is 1.89. The second-order valence-electron chi connectivity index (χ2n) is 4.45. The molecular formula is C14H14N6S. The van der Waals surface area contributed by atoms with E-state index in [2.05, 4.69) is 51.1 Å². The molecule has 6 nitrogen and oxygen atoms in total. The summed E-state index contributed by atoms with van der Waals surface area (Å²) in [5.41, 5.74) is 13.5. The molecule has 3 rings (SSSR count). The number of rotatable bonds is 3. The molecule has 0 aliphatic heterocycles. The highest BCUT2D eigenvalue weighted by Gasteiger charge is 2.08. The third-order valence-corrected chi connectivity index (χ3v) is 3.90. The Kier molecular flexibility index (Phi) is 3.57. The van der Waals surface area contributed by atoms with E-state index in [1.807, 2.05) is 0 Å². The van der Waals surface area contributed by atoms with Crippen molar-refractivity contribution in [1.29, 1.82) is 0 Å². The first kappa shape index (κ1) is 13.6. The van der Waals surface area contributed by atoms with Crippen LogP contribution < -0.4 is 11.5 Å². The molecule has 3 aromatic rings. The van der Waals surface area contributed by atoms with Gasteiger partial charge in [0.15, 0.2) is 17.0 Å². The number of benzene rings is 1. The molecule has 7 heteroatoms. The lowest BCUT2D eigenvalue weighted by molar-refractivity contribution is 1.08. The predicted molar refractivity (Wildman–Crippen MR) is 83.9 cm³/mol. The van der Waals surface area contributed by atoms with Crippen molar-refractivity contribution in [1.82, 2.24) is 19.9 Å². The third kappa shape index (κ3) is 2.87. The van der Waals surface area contributed by atoms with Gasteiger partial charge in [-0.15, -0.1) is 0 Å². The van der Waals surface area contributed by atoms with Crippen molar-refractivity contribution in [2.75, 3.05) is 11.5 Å². The molecule has 0 fully saturated rings. The molecule has 0 saturated carbocycles. The first-order valence-electron chi connectivity index (χ1n) is 6.48. The Morgan fingerprint density at radius 1 is 1.05 bits per heavy atom. The van der Waals surface area contributed by atoms with Crippen molar-refractivity contribution in [2.45, 2.75) is 23.3 Å². The zero-order chi connectivity index (χ0) is 14.8. The van der Waals surface area contributed by atoms with Gasteiger partial charge in [0.1, 0.15) is 5.03 Å². The van der Waals surface area contributed by atoms with E-state index in [0.29, 0.717) is 11.2 Å². The number of nitrogens with zero attached hydrogens (tertiary/aromatic N) is 4. The summed E-state index contributed by atoms with van der Waals surface area (Å²) in [6, 6.07) is 8.35. The van der Waals surface area contributed by atoms with Crippen molar-refractivity contribution in [3.8, 4) is 0 Å². The molecule has 0 unspecified atom stereocenters. The number of nitrogens with two attached hydrogens (primary N) is 2. The van der Waals surface area contributed by atoms with Crippen LogP contribution in [0.15, 0.2) is 40.4 Å². The van der Waals surface area contributed by atoms with Gasteiger partial charge < -0.3 is 11.5 Å². The average molecular weight is 298 g/mol. The number of fused-ring (bicyclic) bond motifs is 1. The zero-order valence-corrected chi connectivity index (χ0v) is 12.3. The molecule has 0 radical (unpaired) electrons. The van der Waals surface area contributed by atoms with Crippen LogP contribution in [0.2, 0.25) is 0 Å². The molecule has 0 saturated heterocycles. The van der Waals surface area contributed by atoms with Crippen LogP contribution in [0.3, 0.4) is 0 Å². The van der Waals surface area contributed by atoms with E-state index >= 15 is 0 Å². The highest BCUT2D eigenvalue weighted by atomic mass is 32.2. The first-order chi connectivity index (χ1) is 10.2. The lowest BCUT2D eigenvalue weighted by atomic mass is 10.2. The Balaban J connectivity index is 1.93. The summed E-state index contributed by atoms with van der Waals surface area (Å²) in [7, 11) is 0. The molecule has 1 aromatic carbocycles. The maximum absolute atomic E-state index is 5.81. The number of aromatic nitrogens is 4. The molecular weight excluding hydrogens is 284 g/mol. The van der Waals surface area contributed by atoms with Crippen LogP contribution in [0.5, 0.6) is 0 Å².